The monoisotopic (exact) mass is 474 g/mol. The normalized spacial score (nSPS) is 10.8. The summed E-state index contributed by atoms with van der Waals surface area (Å²) in [6.07, 6.45) is 1.45. The summed E-state index contributed by atoms with van der Waals surface area (Å²) in [4.78, 5) is 11.8. The molecule has 0 spiro atoms. The zero-order valence-electron chi connectivity index (χ0n) is 10.5. The number of rotatable bonds is 3. The molecule has 21 heavy (non-hydrogen) atoms. The van der Waals surface area contributed by atoms with Crippen molar-refractivity contribution in [1.29, 1.82) is 0 Å². The Bertz CT molecular complexity index is 700. The molecule has 0 fully saturated rings. The lowest BCUT2D eigenvalue weighted by atomic mass is 10.2. The molecule has 0 bridgehead atoms. The molecule has 0 aliphatic carbocycles. The molecule has 1 amide bonds. The zero-order chi connectivity index (χ0) is 15.4. The first kappa shape index (κ1) is 16.2. The molecule has 2 N–H and O–H groups in total. The summed E-state index contributed by atoms with van der Waals surface area (Å²) in [5.74, 6) is -0.213. The molecule has 0 aliphatic heterocycles. The molecule has 0 saturated heterocycles. The minimum Gasteiger partial charge on any atom is -0.507 e. The van der Waals surface area contributed by atoms with E-state index in [0.29, 0.717) is 15.6 Å². The second-order valence-electron chi connectivity index (χ2n) is 4.03. The summed E-state index contributed by atoms with van der Waals surface area (Å²) >= 11 is 9.87. The van der Waals surface area contributed by atoms with Gasteiger partial charge in [0.05, 0.1) is 10.7 Å². The molecule has 0 radical (unpaired) electrons. The van der Waals surface area contributed by atoms with Gasteiger partial charge in [-0.3, -0.25) is 4.79 Å². The molecule has 7 heteroatoms. The van der Waals surface area contributed by atoms with E-state index in [-0.39, 0.29) is 11.7 Å². The fraction of sp³-hybridized carbons (Fsp3) is 0. The Morgan fingerprint density at radius 2 is 1.76 bits per heavy atom. The van der Waals surface area contributed by atoms with Crippen molar-refractivity contribution in [2.45, 2.75) is 0 Å². The average molecular weight is 477 g/mol. The van der Waals surface area contributed by atoms with Gasteiger partial charge in [-0.25, -0.2) is 5.43 Å². The Balaban J connectivity index is 2.07. The summed E-state index contributed by atoms with van der Waals surface area (Å²) in [5.41, 5.74) is 3.58. The molecule has 4 nitrogen and oxygen atoms in total. The van der Waals surface area contributed by atoms with E-state index in [1.54, 1.807) is 30.3 Å². The number of carbonyl (C=O) groups excluding carboxylic acids is 1. The largest absolute Gasteiger partial charge is 0.507 e. The van der Waals surface area contributed by atoms with Crippen LogP contribution >= 0.6 is 47.8 Å². The van der Waals surface area contributed by atoms with E-state index in [9.17, 15) is 9.90 Å². The maximum Gasteiger partial charge on any atom is 0.271 e. The van der Waals surface area contributed by atoms with Crippen LogP contribution in [-0.4, -0.2) is 17.2 Å². The number of nitrogens with one attached hydrogen (secondary N) is 1. The summed E-state index contributed by atoms with van der Waals surface area (Å²) in [6.45, 7) is 0. The fourth-order valence-electron chi connectivity index (χ4n) is 1.48. The second kappa shape index (κ2) is 7.20. The third kappa shape index (κ3) is 4.39. The van der Waals surface area contributed by atoms with Gasteiger partial charge in [0.1, 0.15) is 5.75 Å². The van der Waals surface area contributed by atoms with Crippen LogP contribution in [0.5, 0.6) is 5.75 Å². The Labute approximate surface area is 146 Å². The van der Waals surface area contributed by atoms with E-state index in [1.165, 1.54) is 12.3 Å². The number of nitrogens with zero attached hydrogens (tertiary/aromatic N) is 1. The molecule has 0 aliphatic rings. The summed E-state index contributed by atoms with van der Waals surface area (Å²) in [5, 5.41) is 13.5. The second-order valence-corrected chi connectivity index (χ2v) is 6.66. The Kier molecular flexibility index (Phi) is 5.55. The van der Waals surface area contributed by atoms with Crippen LogP contribution in [0.25, 0.3) is 0 Å². The maximum atomic E-state index is 11.8. The van der Waals surface area contributed by atoms with Crippen molar-refractivity contribution in [3.63, 3.8) is 0 Å². The van der Waals surface area contributed by atoms with Crippen LogP contribution in [0.2, 0.25) is 0 Å². The molecular formula is C14H9Br3N2O2. The van der Waals surface area contributed by atoms with Gasteiger partial charge in [-0.1, -0.05) is 31.9 Å². The molecule has 0 aromatic heterocycles. The number of phenols is 1. The van der Waals surface area contributed by atoms with E-state index in [0.717, 1.165) is 8.95 Å². The van der Waals surface area contributed by atoms with Gasteiger partial charge >= 0.3 is 0 Å². The molecule has 2 aromatic rings. The highest BCUT2D eigenvalue weighted by Gasteiger charge is 2.05. The number of hydrogen-bond acceptors (Lipinski definition) is 3. The predicted octanol–water partition coefficient (Wildman–Crippen LogP) is 4.44. The third-order valence-corrected chi connectivity index (χ3v) is 4.39. The quantitative estimate of drug-likeness (QED) is 0.508. The van der Waals surface area contributed by atoms with Gasteiger partial charge in [0.2, 0.25) is 0 Å². The van der Waals surface area contributed by atoms with Gasteiger partial charge in [0.25, 0.3) is 5.91 Å². The molecule has 2 aromatic carbocycles. The number of benzene rings is 2. The summed E-state index contributed by atoms with van der Waals surface area (Å²) < 4.78 is 2.22. The van der Waals surface area contributed by atoms with Crippen LogP contribution in [0.15, 0.2) is 54.9 Å². The summed E-state index contributed by atoms with van der Waals surface area (Å²) in [6, 6.07) is 10.2. The van der Waals surface area contributed by atoms with Crippen LogP contribution in [0.4, 0.5) is 0 Å². The van der Waals surface area contributed by atoms with Crippen molar-refractivity contribution in [2.75, 3.05) is 0 Å². The highest BCUT2D eigenvalue weighted by atomic mass is 79.9. The smallest absolute Gasteiger partial charge is 0.271 e. The van der Waals surface area contributed by atoms with E-state index < -0.39 is 0 Å². The molecular weight excluding hydrogens is 468 g/mol. The number of halogens is 3. The lowest BCUT2D eigenvalue weighted by Gasteiger charge is -2.03. The van der Waals surface area contributed by atoms with Gasteiger partial charge in [-0.2, -0.15) is 5.10 Å². The first-order valence-corrected chi connectivity index (χ1v) is 8.12. The van der Waals surface area contributed by atoms with Crippen LogP contribution in [0, 0.1) is 0 Å². The van der Waals surface area contributed by atoms with Crippen LogP contribution in [0.1, 0.15) is 15.9 Å². The van der Waals surface area contributed by atoms with Crippen LogP contribution in [-0.2, 0) is 0 Å². The minimum absolute atomic E-state index is 0.0962. The van der Waals surface area contributed by atoms with Crippen molar-refractivity contribution in [3.8, 4) is 5.75 Å². The standard InChI is InChI=1S/C14H9Br3N2O2/c15-10-3-1-8(2-4-10)14(21)19-18-7-9-5-13(20)12(17)6-11(9)16/h1-7,20H,(H,19,21)/b18-7-. The van der Waals surface area contributed by atoms with E-state index in [4.69, 9.17) is 0 Å². The van der Waals surface area contributed by atoms with Gasteiger partial charge in [-0.15, -0.1) is 0 Å². The fourth-order valence-corrected chi connectivity index (χ4v) is 2.84. The molecule has 0 saturated carbocycles. The maximum absolute atomic E-state index is 11.8. The molecule has 0 unspecified atom stereocenters. The molecule has 0 heterocycles. The Hall–Kier alpha value is -1.18. The minimum atomic E-state index is -0.309. The lowest BCUT2D eigenvalue weighted by Crippen LogP contribution is -2.17. The highest BCUT2D eigenvalue weighted by molar-refractivity contribution is 9.11. The highest BCUT2D eigenvalue weighted by Crippen LogP contribution is 2.29. The van der Waals surface area contributed by atoms with Crippen molar-refractivity contribution < 1.29 is 9.90 Å². The van der Waals surface area contributed by atoms with E-state index in [2.05, 4.69) is 58.3 Å². The van der Waals surface area contributed by atoms with E-state index in [1.807, 2.05) is 0 Å². The SMILES string of the molecule is O=C(N/N=C\c1cc(O)c(Br)cc1Br)c1ccc(Br)cc1. The average Bonchev–Trinajstić information content (AvgIpc) is 2.45. The lowest BCUT2D eigenvalue weighted by molar-refractivity contribution is 0.0955. The number of hydrogen-bond donors (Lipinski definition) is 2. The molecule has 0 atom stereocenters. The molecule has 2 rings (SSSR count). The van der Waals surface area contributed by atoms with E-state index >= 15 is 0 Å². The molecule has 108 valence electrons. The third-order valence-electron chi connectivity index (χ3n) is 2.54. The van der Waals surface area contributed by atoms with Gasteiger partial charge < -0.3 is 5.11 Å². The van der Waals surface area contributed by atoms with Crippen LogP contribution in [0.3, 0.4) is 0 Å². The predicted molar refractivity (Wildman–Crippen MR) is 92.7 cm³/mol. The van der Waals surface area contributed by atoms with Crippen molar-refractivity contribution >= 4 is 59.9 Å². The van der Waals surface area contributed by atoms with Gasteiger partial charge in [0.15, 0.2) is 0 Å². The van der Waals surface area contributed by atoms with Gasteiger partial charge in [0, 0.05) is 20.1 Å². The number of phenolic OH excluding ortho intramolecular Hbond substituents is 1. The van der Waals surface area contributed by atoms with Crippen molar-refractivity contribution in [2.24, 2.45) is 5.10 Å². The number of hydrazone groups is 1. The Morgan fingerprint density at radius 3 is 2.43 bits per heavy atom. The number of aromatic hydroxyl groups is 1. The zero-order valence-corrected chi connectivity index (χ0v) is 15.2. The Morgan fingerprint density at radius 1 is 1.10 bits per heavy atom. The topological polar surface area (TPSA) is 61.7 Å². The van der Waals surface area contributed by atoms with Crippen LogP contribution < -0.4 is 5.43 Å². The number of carbonyl (C=O) groups is 1. The number of amides is 1. The van der Waals surface area contributed by atoms with Crippen molar-refractivity contribution in [3.05, 3.63) is 60.9 Å². The first-order valence-electron chi connectivity index (χ1n) is 5.74. The van der Waals surface area contributed by atoms with Gasteiger partial charge in [-0.05, 0) is 52.3 Å². The summed E-state index contributed by atoms with van der Waals surface area (Å²) in [7, 11) is 0. The first-order chi connectivity index (χ1) is 9.97. The van der Waals surface area contributed by atoms with Crippen molar-refractivity contribution in [1.82, 2.24) is 5.43 Å².